The second-order valence-electron chi connectivity index (χ2n) is 6.87. The van der Waals surface area contributed by atoms with Crippen molar-refractivity contribution in [3.05, 3.63) is 47.7 Å². The van der Waals surface area contributed by atoms with Gasteiger partial charge in [0, 0.05) is 38.9 Å². The maximum absolute atomic E-state index is 12.9. The van der Waals surface area contributed by atoms with Gasteiger partial charge in [0.25, 0.3) is 10.0 Å². The Morgan fingerprint density at radius 3 is 2.55 bits per heavy atom. The highest BCUT2D eigenvalue weighted by Gasteiger charge is 2.24. The molecule has 1 fully saturated rings. The number of anilines is 2. The van der Waals surface area contributed by atoms with Gasteiger partial charge >= 0.3 is 5.97 Å². The molecule has 0 saturated carbocycles. The van der Waals surface area contributed by atoms with Crippen molar-refractivity contribution in [2.24, 2.45) is 0 Å². The van der Waals surface area contributed by atoms with Gasteiger partial charge in [0.15, 0.2) is 5.82 Å². The topological polar surface area (TPSA) is 123 Å². The monoisotopic (exact) mass is 420 g/mol. The van der Waals surface area contributed by atoms with E-state index in [1.54, 1.807) is 25.1 Å². The first-order valence-corrected chi connectivity index (χ1v) is 10.7. The number of nitrogens with zero attached hydrogens (tertiary/aromatic N) is 3. The van der Waals surface area contributed by atoms with E-state index in [1.165, 1.54) is 18.3 Å². The lowest BCUT2D eigenvalue weighted by Crippen LogP contribution is -2.47. The minimum atomic E-state index is -3.91. The van der Waals surface area contributed by atoms with Crippen LogP contribution >= 0.6 is 0 Å². The number of sulfonamides is 1. The molecule has 0 amide bonds. The lowest BCUT2D eigenvalue weighted by molar-refractivity contribution is 0.0696. The van der Waals surface area contributed by atoms with Crippen LogP contribution in [0, 0.1) is 6.92 Å². The summed E-state index contributed by atoms with van der Waals surface area (Å²) in [6.07, 6.45) is 1.22. The molecular formula is C19H24N4O5S. The third kappa shape index (κ3) is 5.03. The standard InChI is InChI=1S/C19H24N4O5S/c1-14-3-2-4-16(11-14)29(27,28)21-17-12-15(19(25)26)13-20-18(17)23-7-5-22(6-8-23)9-10-24/h2-4,11-13,21,24H,5-10H2,1H3,(H,25,26). The van der Waals surface area contributed by atoms with E-state index in [0.717, 1.165) is 5.56 Å². The van der Waals surface area contributed by atoms with E-state index >= 15 is 0 Å². The van der Waals surface area contributed by atoms with E-state index in [9.17, 15) is 18.3 Å². The number of benzene rings is 1. The second kappa shape index (κ2) is 8.76. The number of aromatic nitrogens is 1. The molecule has 1 aliphatic rings. The number of aromatic carboxylic acids is 1. The first-order valence-electron chi connectivity index (χ1n) is 9.21. The number of rotatable bonds is 7. The first kappa shape index (κ1) is 21.0. The number of nitrogens with one attached hydrogen (secondary N) is 1. The molecule has 2 aromatic rings. The molecule has 0 radical (unpaired) electrons. The third-order valence-electron chi connectivity index (χ3n) is 4.75. The van der Waals surface area contributed by atoms with Gasteiger partial charge in [-0.1, -0.05) is 12.1 Å². The van der Waals surface area contributed by atoms with Crippen molar-refractivity contribution in [1.82, 2.24) is 9.88 Å². The van der Waals surface area contributed by atoms with Crippen LogP contribution in [0.15, 0.2) is 41.4 Å². The largest absolute Gasteiger partial charge is 0.478 e. The Labute approximate surface area is 169 Å². The van der Waals surface area contributed by atoms with Crippen LogP contribution in [0.1, 0.15) is 15.9 Å². The Bertz CT molecular complexity index is 988. The van der Waals surface area contributed by atoms with Gasteiger partial charge in [-0.05, 0) is 30.7 Å². The van der Waals surface area contributed by atoms with E-state index in [1.807, 2.05) is 4.90 Å². The molecule has 0 bridgehead atoms. The van der Waals surface area contributed by atoms with Gasteiger partial charge in [-0.2, -0.15) is 0 Å². The summed E-state index contributed by atoms with van der Waals surface area (Å²) in [5, 5.41) is 18.4. The van der Waals surface area contributed by atoms with Gasteiger partial charge in [-0.3, -0.25) is 9.62 Å². The maximum Gasteiger partial charge on any atom is 0.337 e. The maximum atomic E-state index is 12.9. The number of carboxylic acid groups (broad SMARTS) is 1. The molecule has 1 aromatic heterocycles. The summed E-state index contributed by atoms with van der Waals surface area (Å²) in [6, 6.07) is 7.76. The summed E-state index contributed by atoms with van der Waals surface area (Å²) < 4.78 is 28.2. The van der Waals surface area contributed by atoms with Crippen molar-refractivity contribution in [1.29, 1.82) is 0 Å². The fraction of sp³-hybridized carbons (Fsp3) is 0.368. The number of pyridine rings is 1. The van der Waals surface area contributed by atoms with E-state index in [0.29, 0.717) is 38.5 Å². The summed E-state index contributed by atoms with van der Waals surface area (Å²) in [7, 11) is -3.91. The van der Waals surface area contributed by atoms with Crippen LogP contribution in [-0.2, 0) is 10.0 Å². The zero-order valence-electron chi connectivity index (χ0n) is 16.1. The Morgan fingerprint density at radius 1 is 1.21 bits per heavy atom. The molecule has 3 rings (SSSR count). The molecule has 0 spiro atoms. The van der Waals surface area contributed by atoms with Crippen LogP contribution in [0.2, 0.25) is 0 Å². The summed E-state index contributed by atoms with van der Waals surface area (Å²) in [5.41, 5.74) is 0.821. The molecule has 2 heterocycles. The summed E-state index contributed by atoms with van der Waals surface area (Å²) in [6.45, 7) is 4.99. The number of carboxylic acids is 1. The van der Waals surface area contributed by atoms with Crippen LogP contribution in [0.3, 0.4) is 0 Å². The Balaban J connectivity index is 1.92. The highest BCUT2D eigenvalue weighted by atomic mass is 32.2. The Hall–Kier alpha value is -2.69. The van der Waals surface area contributed by atoms with Crippen LogP contribution in [0.5, 0.6) is 0 Å². The van der Waals surface area contributed by atoms with Crippen molar-refractivity contribution in [3.8, 4) is 0 Å². The lowest BCUT2D eigenvalue weighted by atomic mass is 10.2. The lowest BCUT2D eigenvalue weighted by Gasteiger charge is -2.35. The predicted molar refractivity (Wildman–Crippen MR) is 109 cm³/mol. The number of piperazine rings is 1. The molecule has 0 atom stereocenters. The van der Waals surface area contributed by atoms with Gasteiger partial charge in [-0.15, -0.1) is 0 Å². The highest BCUT2D eigenvalue weighted by molar-refractivity contribution is 7.92. The molecule has 29 heavy (non-hydrogen) atoms. The normalized spacial score (nSPS) is 15.3. The van der Waals surface area contributed by atoms with E-state index in [-0.39, 0.29) is 22.8 Å². The molecule has 9 nitrogen and oxygen atoms in total. The minimum Gasteiger partial charge on any atom is -0.478 e. The second-order valence-corrected chi connectivity index (χ2v) is 8.56. The molecule has 0 aliphatic carbocycles. The average molecular weight is 420 g/mol. The number of hydrogen-bond acceptors (Lipinski definition) is 7. The zero-order valence-corrected chi connectivity index (χ0v) is 16.9. The SMILES string of the molecule is Cc1cccc(S(=O)(=O)Nc2cc(C(=O)O)cnc2N2CCN(CCO)CC2)c1. The molecular weight excluding hydrogens is 396 g/mol. The molecule has 3 N–H and O–H groups in total. The Kier molecular flexibility index (Phi) is 6.36. The van der Waals surface area contributed by atoms with Crippen molar-refractivity contribution >= 4 is 27.5 Å². The van der Waals surface area contributed by atoms with Gasteiger partial charge in [0.1, 0.15) is 0 Å². The summed E-state index contributed by atoms with van der Waals surface area (Å²) in [4.78, 5) is 19.7. The number of aliphatic hydroxyl groups is 1. The zero-order chi connectivity index (χ0) is 21.0. The minimum absolute atomic E-state index is 0.0765. The number of aryl methyl sites for hydroxylation is 1. The van der Waals surface area contributed by atoms with Crippen LogP contribution < -0.4 is 9.62 Å². The van der Waals surface area contributed by atoms with Gasteiger partial charge in [0.2, 0.25) is 0 Å². The summed E-state index contributed by atoms with van der Waals surface area (Å²) >= 11 is 0. The number of aliphatic hydroxyl groups excluding tert-OH is 1. The van der Waals surface area contributed by atoms with Crippen molar-refractivity contribution in [2.45, 2.75) is 11.8 Å². The number of carbonyl (C=O) groups is 1. The number of hydrogen-bond donors (Lipinski definition) is 3. The van der Waals surface area contributed by atoms with Crippen molar-refractivity contribution < 1.29 is 23.4 Å². The summed E-state index contributed by atoms with van der Waals surface area (Å²) in [5.74, 6) is -0.803. The third-order valence-corrected chi connectivity index (χ3v) is 6.11. The van der Waals surface area contributed by atoms with Gasteiger partial charge < -0.3 is 15.1 Å². The fourth-order valence-electron chi connectivity index (χ4n) is 3.21. The van der Waals surface area contributed by atoms with Crippen LogP contribution in [0.4, 0.5) is 11.5 Å². The predicted octanol–water partition coefficient (Wildman–Crippen LogP) is 1.00. The molecule has 1 aliphatic heterocycles. The molecule has 1 aromatic carbocycles. The molecule has 10 heteroatoms. The van der Waals surface area contributed by atoms with Crippen molar-refractivity contribution in [2.75, 3.05) is 49.0 Å². The molecule has 1 saturated heterocycles. The van der Waals surface area contributed by atoms with E-state index in [2.05, 4.69) is 14.6 Å². The van der Waals surface area contributed by atoms with E-state index < -0.39 is 16.0 Å². The van der Waals surface area contributed by atoms with Gasteiger partial charge in [-0.25, -0.2) is 18.2 Å². The van der Waals surface area contributed by atoms with Crippen LogP contribution in [-0.4, -0.2) is 73.8 Å². The first-order chi connectivity index (χ1) is 13.8. The van der Waals surface area contributed by atoms with Crippen LogP contribution in [0.25, 0.3) is 0 Å². The van der Waals surface area contributed by atoms with Crippen molar-refractivity contribution in [3.63, 3.8) is 0 Å². The number of β-amino-alcohol motifs (C(OH)–C–C–N with tert-alkyl or cyclic N) is 1. The van der Waals surface area contributed by atoms with E-state index in [4.69, 9.17) is 5.11 Å². The Morgan fingerprint density at radius 2 is 1.93 bits per heavy atom. The smallest absolute Gasteiger partial charge is 0.337 e. The fourth-order valence-corrected chi connectivity index (χ4v) is 4.37. The average Bonchev–Trinajstić information content (AvgIpc) is 2.68. The van der Waals surface area contributed by atoms with Gasteiger partial charge in [0.05, 0.1) is 22.8 Å². The highest BCUT2D eigenvalue weighted by Crippen LogP contribution is 2.28. The molecule has 156 valence electrons. The molecule has 0 unspecified atom stereocenters. The quantitative estimate of drug-likeness (QED) is 0.606.